The van der Waals surface area contributed by atoms with Crippen LogP contribution in [0.1, 0.15) is 16.2 Å². The van der Waals surface area contributed by atoms with Crippen molar-refractivity contribution >= 4 is 23.3 Å². The maximum absolute atomic E-state index is 11.9. The van der Waals surface area contributed by atoms with Gasteiger partial charge in [-0.2, -0.15) is 0 Å². The monoisotopic (exact) mass is 284 g/mol. The number of carbonyl (C=O) groups excluding carboxylic acids is 1. The molecule has 0 spiro atoms. The molecule has 6 nitrogen and oxygen atoms in total. The molecule has 2 rings (SSSR count). The standard InChI is InChI=1S/C12H16N2O4S/c1-7-2-3-9(19-7)5-13-12(18)14-6-8(15)4-10(14)11(16)17/h2-3,8,10,15H,4-6H2,1H3,(H,13,18)(H,16,17)/t8-,10-/m1/s1. The molecule has 1 fully saturated rings. The summed E-state index contributed by atoms with van der Waals surface area (Å²) in [6.07, 6.45) is -0.684. The fourth-order valence-electron chi connectivity index (χ4n) is 2.12. The normalized spacial score (nSPS) is 22.5. The van der Waals surface area contributed by atoms with Crippen LogP contribution in [0.15, 0.2) is 12.1 Å². The molecule has 19 heavy (non-hydrogen) atoms. The molecular formula is C12H16N2O4S. The van der Waals surface area contributed by atoms with Gasteiger partial charge in [0.25, 0.3) is 0 Å². The molecule has 1 aromatic heterocycles. The number of aliphatic hydroxyl groups excluding tert-OH is 1. The van der Waals surface area contributed by atoms with Crippen LogP contribution in [0.2, 0.25) is 0 Å². The summed E-state index contributed by atoms with van der Waals surface area (Å²) >= 11 is 1.58. The molecule has 104 valence electrons. The number of rotatable bonds is 3. The van der Waals surface area contributed by atoms with Crippen LogP contribution in [-0.4, -0.2) is 45.8 Å². The number of nitrogens with zero attached hydrogens (tertiary/aromatic N) is 1. The van der Waals surface area contributed by atoms with Gasteiger partial charge < -0.3 is 20.4 Å². The Morgan fingerprint density at radius 2 is 2.26 bits per heavy atom. The summed E-state index contributed by atoms with van der Waals surface area (Å²) in [5, 5.41) is 21.2. The molecule has 1 saturated heterocycles. The molecule has 3 N–H and O–H groups in total. The van der Waals surface area contributed by atoms with E-state index in [1.807, 2.05) is 19.1 Å². The molecule has 0 aliphatic carbocycles. The van der Waals surface area contributed by atoms with E-state index in [0.717, 1.165) is 9.75 Å². The Kier molecular flexibility index (Phi) is 4.06. The van der Waals surface area contributed by atoms with E-state index in [2.05, 4.69) is 5.32 Å². The number of carboxylic acid groups (broad SMARTS) is 1. The summed E-state index contributed by atoms with van der Waals surface area (Å²) in [5.41, 5.74) is 0. The summed E-state index contributed by atoms with van der Waals surface area (Å²) in [6.45, 7) is 2.41. The number of carboxylic acids is 1. The molecule has 2 heterocycles. The number of aliphatic carboxylic acids is 1. The number of aliphatic hydroxyl groups is 1. The molecule has 0 radical (unpaired) electrons. The minimum Gasteiger partial charge on any atom is -0.480 e. The van der Waals surface area contributed by atoms with Crippen molar-refractivity contribution in [1.29, 1.82) is 0 Å². The zero-order chi connectivity index (χ0) is 14.0. The second-order valence-corrected chi connectivity index (χ2v) is 5.94. The van der Waals surface area contributed by atoms with E-state index in [4.69, 9.17) is 5.11 Å². The number of likely N-dealkylation sites (tertiary alicyclic amines) is 1. The lowest BCUT2D eigenvalue weighted by Crippen LogP contribution is -2.45. The van der Waals surface area contributed by atoms with Crippen LogP contribution in [0.3, 0.4) is 0 Å². The van der Waals surface area contributed by atoms with Crippen molar-refractivity contribution in [3.8, 4) is 0 Å². The third kappa shape index (κ3) is 3.24. The van der Waals surface area contributed by atoms with Gasteiger partial charge in [-0.05, 0) is 19.1 Å². The number of hydrogen-bond acceptors (Lipinski definition) is 4. The summed E-state index contributed by atoms with van der Waals surface area (Å²) in [7, 11) is 0. The van der Waals surface area contributed by atoms with Crippen molar-refractivity contribution in [2.75, 3.05) is 6.54 Å². The third-order valence-corrected chi connectivity index (χ3v) is 4.04. The van der Waals surface area contributed by atoms with Gasteiger partial charge in [0, 0.05) is 22.7 Å². The van der Waals surface area contributed by atoms with Crippen LogP contribution in [-0.2, 0) is 11.3 Å². The number of amides is 2. The van der Waals surface area contributed by atoms with Gasteiger partial charge in [-0.25, -0.2) is 9.59 Å². The summed E-state index contributed by atoms with van der Waals surface area (Å²) < 4.78 is 0. The number of aryl methyl sites for hydroxylation is 1. The van der Waals surface area contributed by atoms with Crippen molar-refractivity contribution < 1.29 is 19.8 Å². The molecule has 1 aromatic rings. The number of carbonyl (C=O) groups is 2. The fourth-order valence-corrected chi connectivity index (χ4v) is 2.95. The lowest BCUT2D eigenvalue weighted by Gasteiger charge is -2.21. The number of nitrogens with one attached hydrogen (secondary N) is 1. The second-order valence-electron chi connectivity index (χ2n) is 4.57. The summed E-state index contributed by atoms with van der Waals surface area (Å²) in [5.74, 6) is -1.08. The van der Waals surface area contributed by atoms with Crippen molar-refractivity contribution in [2.45, 2.75) is 32.0 Å². The zero-order valence-electron chi connectivity index (χ0n) is 10.5. The SMILES string of the molecule is Cc1ccc(CNC(=O)N2C[C@H](O)C[C@@H]2C(=O)O)s1. The minimum atomic E-state index is -1.08. The molecule has 0 bridgehead atoms. The second kappa shape index (κ2) is 5.58. The van der Waals surface area contributed by atoms with Gasteiger partial charge in [0.2, 0.25) is 0 Å². The Morgan fingerprint density at radius 1 is 1.53 bits per heavy atom. The first kappa shape index (κ1) is 13.8. The summed E-state index contributed by atoms with van der Waals surface area (Å²) in [4.78, 5) is 26.3. The van der Waals surface area contributed by atoms with E-state index >= 15 is 0 Å². The Balaban J connectivity index is 1.93. The molecule has 7 heteroatoms. The predicted octanol–water partition coefficient (Wildman–Crippen LogP) is 0.786. The van der Waals surface area contributed by atoms with Gasteiger partial charge in [-0.1, -0.05) is 0 Å². The molecular weight excluding hydrogens is 268 g/mol. The number of urea groups is 1. The van der Waals surface area contributed by atoms with Crippen LogP contribution in [0.25, 0.3) is 0 Å². The maximum atomic E-state index is 11.9. The fraction of sp³-hybridized carbons (Fsp3) is 0.500. The lowest BCUT2D eigenvalue weighted by molar-refractivity contribution is -0.141. The van der Waals surface area contributed by atoms with Crippen LogP contribution >= 0.6 is 11.3 Å². The Labute approximate surface area is 114 Å². The van der Waals surface area contributed by atoms with Gasteiger partial charge in [-0.15, -0.1) is 11.3 Å². The molecule has 0 unspecified atom stereocenters. The smallest absolute Gasteiger partial charge is 0.326 e. The highest BCUT2D eigenvalue weighted by Gasteiger charge is 2.38. The van der Waals surface area contributed by atoms with Crippen molar-refractivity contribution in [3.63, 3.8) is 0 Å². The van der Waals surface area contributed by atoms with E-state index < -0.39 is 24.1 Å². The molecule has 0 aromatic carbocycles. The van der Waals surface area contributed by atoms with Gasteiger partial charge in [-0.3, -0.25) is 0 Å². The van der Waals surface area contributed by atoms with Crippen LogP contribution in [0.5, 0.6) is 0 Å². The van der Waals surface area contributed by atoms with Gasteiger partial charge in [0.05, 0.1) is 12.6 Å². The van der Waals surface area contributed by atoms with Crippen molar-refractivity contribution in [2.24, 2.45) is 0 Å². The minimum absolute atomic E-state index is 0.0618. The number of β-amino-alcohol motifs (C(OH)–C–C–N with tert-alkyl or cyclic N) is 1. The first-order valence-corrected chi connectivity index (χ1v) is 6.79. The first-order chi connectivity index (χ1) is 8.97. The predicted molar refractivity (Wildman–Crippen MR) is 70.0 cm³/mol. The lowest BCUT2D eigenvalue weighted by atomic mass is 10.2. The third-order valence-electron chi connectivity index (χ3n) is 3.03. The molecule has 2 atom stereocenters. The zero-order valence-corrected chi connectivity index (χ0v) is 11.3. The largest absolute Gasteiger partial charge is 0.480 e. The van der Waals surface area contributed by atoms with Crippen LogP contribution in [0.4, 0.5) is 4.79 Å². The highest BCUT2D eigenvalue weighted by atomic mass is 32.1. The van der Waals surface area contributed by atoms with E-state index in [-0.39, 0.29) is 13.0 Å². The van der Waals surface area contributed by atoms with Crippen molar-refractivity contribution in [3.05, 3.63) is 21.9 Å². The molecule has 1 aliphatic rings. The van der Waals surface area contributed by atoms with Gasteiger partial charge in [0.1, 0.15) is 6.04 Å². The Morgan fingerprint density at radius 3 is 2.84 bits per heavy atom. The van der Waals surface area contributed by atoms with Crippen LogP contribution < -0.4 is 5.32 Å². The molecule has 0 saturated carbocycles. The van der Waals surface area contributed by atoms with Crippen LogP contribution in [0, 0.1) is 6.92 Å². The average molecular weight is 284 g/mol. The molecule has 2 amide bonds. The number of hydrogen-bond donors (Lipinski definition) is 3. The van der Waals surface area contributed by atoms with Crippen molar-refractivity contribution in [1.82, 2.24) is 10.2 Å². The van der Waals surface area contributed by atoms with Gasteiger partial charge in [0.15, 0.2) is 0 Å². The first-order valence-electron chi connectivity index (χ1n) is 5.98. The van der Waals surface area contributed by atoms with E-state index in [1.165, 1.54) is 4.90 Å². The summed E-state index contributed by atoms with van der Waals surface area (Å²) in [6, 6.07) is 2.50. The highest BCUT2D eigenvalue weighted by Crippen LogP contribution is 2.19. The van der Waals surface area contributed by atoms with E-state index in [9.17, 15) is 14.7 Å². The molecule has 1 aliphatic heterocycles. The Hall–Kier alpha value is -1.60. The van der Waals surface area contributed by atoms with E-state index in [1.54, 1.807) is 11.3 Å². The number of thiophene rings is 1. The van der Waals surface area contributed by atoms with Gasteiger partial charge >= 0.3 is 12.0 Å². The Bertz CT molecular complexity index is 488. The quantitative estimate of drug-likeness (QED) is 0.765. The van der Waals surface area contributed by atoms with E-state index in [0.29, 0.717) is 6.54 Å². The average Bonchev–Trinajstić information content (AvgIpc) is 2.92. The topological polar surface area (TPSA) is 89.9 Å². The highest BCUT2D eigenvalue weighted by molar-refractivity contribution is 7.11. The maximum Gasteiger partial charge on any atom is 0.326 e.